The molecule has 1 unspecified atom stereocenters. The minimum atomic E-state index is 0.257. The summed E-state index contributed by atoms with van der Waals surface area (Å²) in [6.07, 6.45) is 1.88. The fraction of sp³-hybridized carbons (Fsp3) is 0.125. The van der Waals surface area contributed by atoms with Crippen molar-refractivity contribution < 1.29 is 0 Å². The molecule has 3 rings (SSSR count). The van der Waals surface area contributed by atoms with E-state index in [-0.39, 0.29) is 5.92 Å². The maximum Gasteiger partial charge on any atom is 0.222 e. The summed E-state index contributed by atoms with van der Waals surface area (Å²) >= 11 is 0. The third-order valence-corrected chi connectivity index (χ3v) is 3.18. The van der Waals surface area contributed by atoms with Crippen LogP contribution in [0.3, 0.4) is 0 Å². The molecular formula is C16H16N4. The third kappa shape index (κ3) is 2.69. The van der Waals surface area contributed by atoms with Crippen molar-refractivity contribution in [1.29, 1.82) is 0 Å². The van der Waals surface area contributed by atoms with E-state index in [0.29, 0.717) is 5.95 Å². The molecule has 0 saturated heterocycles. The molecule has 1 heterocycles. The van der Waals surface area contributed by atoms with Gasteiger partial charge in [0.15, 0.2) is 0 Å². The fourth-order valence-electron chi connectivity index (χ4n) is 2.06. The van der Waals surface area contributed by atoms with Crippen molar-refractivity contribution in [2.75, 3.05) is 5.43 Å². The lowest BCUT2D eigenvalue weighted by molar-refractivity contribution is 1.03. The van der Waals surface area contributed by atoms with Crippen LogP contribution in [0.5, 0.6) is 0 Å². The van der Waals surface area contributed by atoms with Crippen molar-refractivity contribution in [2.45, 2.75) is 12.8 Å². The van der Waals surface area contributed by atoms with Gasteiger partial charge in [-0.2, -0.15) is 5.10 Å². The zero-order chi connectivity index (χ0) is 13.8. The summed E-state index contributed by atoms with van der Waals surface area (Å²) in [5.41, 5.74) is 6.11. The number of hydrogen-bond donors (Lipinski definition) is 2. The van der Waals surface area contributed by atoms with Crippen LogP contribution in [0.25, 0.3) is 11.0 Å². The second-order valence-corrected chi connectivity index (χ2v) is 4.69. The summed E-state index contributed by atoms with van der Waals surface area (Å²) in [6, 6.07) is 18.2. The average Bonchev–Trinajstić information content (AvgIpc) is 2.90. The number of nitrogens with one attached hydrogen (secondary N) is 2. The van der Waals surface area contributed by atoms with E-state index >= 15 is 0 Å². The van der Waals surface area contributed by atoms with Gasteiger partial charge in [0.25, 0.3) is 0 Å². The first-order valence-corrected chi connectivity index (χ1v) is 6.62. The summed E-state index contributed by atoms with van der Waals surface area (Å²) in [4.78, 5) is 7.57. The van der Waals surface area contributed by atoms with E-state index in [1.54, 1.807) is 0 Å². The number of anilines is 1. The Labute approximate surface area is 117 Å². The highest BCUT2D eigenvalue weighted by atomic mass is 15.3. The van der Waals surface area contributed by atoms with E-state index in [4.69, 9.17) is 0 Å². The summed E-state index contributed by atoms with van der Waals surface area (Å²) in [6.45, 7) is 2.11. The monoisotopic (exact) mass is 264 g/mol. The Balaban J connectivity index is 1.68. The SMILES string of the molecule is CC(C=NNc1nc2ccccc2[nH]1)c1ccccc1. The summed E-state index contributed by atoms with van der Waals surface area (Å²) in [5.74, 6) is 0.913. The molecular weight excluding hydrogens is 248 g/mol. The summed E-state index contributed by atoms with van der Waals surface area (Å²) in [7, 11) is 0. The van der Waals surface area contributed by atoms with Crippen LogP contribution in [0.4, 0.5) is 5.95 Å². The minimum Gasteiger partial charge on any atom is -0.323 e. The van der Waals surface area contributed by atoms with Crippen LogP contribution < -0.4 is 5.43 Å². The van der Waals surface area contributed by atoms with Gasteiger partial charge in [0.2, 0.25) is 5.95 Å². The number of rotatable bonds is 4. The van der Waals surface area contributed by atoms with E-state index in [9.17, 15) is 0 Å². The lowest BCUT2D eigenvalue weighted by atomic mass is 10.0. The van der Waals surface area contributed by atoms with Crippen molar-refractivity contribution >= 4 is 23.2 Å². The topological polar surface area (TPSA) is 53.1 Å². The van der Waals surface area contributed by atoms with Crippen LogP contribution in [0.2, 0.25) is 0 Å². The van der Waals surface area contributed by atoms with Crippen LogP contribution in [0, 0.1) is 0 Å². The first-order chi connectivity index (χ1) is 9.83. The van der Waals surface area contributed by atoms with Gasteiger partial charge in [-0.3, -0.25) is 0 Å². The molecule has 0 fully saturated rings. The number of hydrogen-bond acceptors (Lipinski definition) is 3. The predicted octanol–water partition coefficient (Wildman–Crippen LogP) is 3.76. The smallest absolute Gasteiger partial charge is 0.222 e. The molecule has 20 heavy (non-hydrogen) atoms. The highest BCUT2D eigenvalue weighted by Gasteiger charge is 2.02. The number of hydrazone groups is 1. The maximum atomic E-state index is 4.40. The number of fused-ring (bicyclic) bond motifs is 1. The van der Waals surface area contributed by atoms with E-state index in [1.165, 1.54) is 5.56 Å². The van der Waals surface area contributed by atoms with E-state index in [0.717, 1.165) is 11.0 Å². The van der Waals surface area contributed by atoms with Crippen LogP contribution in [0.15, 0.2) is 59.7 Å². The van der Waals surface area contributed by atoms with Crippen molar-refractivity contribution in [3.05, 3.63) is 60.2 Å². The Morgan fingerprint density at radius 1 is 1.10 bits per heavy atom. The Kier molecular flexibility index (Phi) is 3.46. The number of aromatic nitrogens is 2. The Morgan fingerprint density at radius 3 is 2.65 bits per heavy atom. The maximum absolute atomic E-state index is 4.40. The van der Waals surface area contributed by atoms with Gasteiger partial charge in [0.1, 0.15) is 0 Å². The van der Waals surface area contributed by atoms with Gasteiger partial charge >= 0.3 is 0 Å². The first-order valence-electron chi connectivity index (χ1n) is 6.62. The lowest BCUT2D eigenvalue weighted by Gasteiger charge is -2.04. The molecule has 4 nitrogen and oxygen atoms in total. The van der Waals surface area contributed by atoms with Crippen LogP contribution in [0.1, 0.15) is 18.4 Å². The van der Waals surface area contributed by atoms with Gasteiger partial charge in [-0.25, -0.2) is 10.4 Å². The Morgan fingerprint density at radius 2 is 1.85 bits per heavy atom. The molecule has 0 saturated carbocycles. The van der Waals surface area contributed by atoms with Crippen molar-refractivity contribution in [1.82, 2.24) is 9.97 Å². The van der Waals surface area contributed by atoms with Gasteiger partial charge in [-0.05, 0) is 17.7 Å². The third-order valence-electron chi connectivity index (χ3n) is 3.18. The van der Waals surface area contributed by atoms with E-state index in [2.05, 4.69) is 39.6 Å². The molecule has 0 aliphatic carbocycles. The standard InChI is InChI=1S/C16H16N4/c1-12(13-7-3-2-4-8-13)11-17-20-16-18-14-9-5-6-10-15(14)19-16/h2-12H,1H3,(H2,18,19,20). The molecule has 0 radical (unpaired) electrons. The molecule has 100 valence electrons. The molecule has 2 aromatic carbocycles. The Bertz CT molecular complexity index is 682. The normalized spacial score (nSPS) is 12.8. The highest BCUT2D eigenvalue weighted by Crippen LogP contribution is 2.14. The van der Waals surface area contributed by atoms with E-state index < -0.39 is 0 Å². The lowest BCUT2D eigenvalue weighted by Crippen LogP contribution is -1.98. The van der Waals surface area contributed by atoms with Crippen LogP contribution in [-0.4, -0.2) is 16.2 Å². The number of H-pyrrole nitrogens is 1. The molecule has 0 aliphatic heterocycles. The largest absolute Gasteiger partial charge is 0.323 e. The summed E-state index contributed by atoms with van der Waals surface area (Å²) < 4.78 is 0. The van der Waals surface area contributed by atoms with Crippen molar-refractivity contribution in [3.8, 4) is 0 Å². The van der Waals surface area contributed by atoms with Gasteiger partial charge < -0.3 is 4.98 Å². The highest BCUT2D eigenvalue weighted by molar-refractivity contribution is 5.77. The number of para-hydroxylation sites is 2. The predicted molar refractivity (Wildman–Crippen MR) is 83.1 cm³/mol. The molecule has 0 amide bonds. The van der Waals surface area contributed by atoms with Crippen molar-refractivity contribution in [2.24, 2.45) is 5.10 Å². The molecule has 0 bridgehead atoms. The van der Waals surface area contributed by atoms with E-state index in [1.807, 2.05) is 48.7 Å². The molecule has 1 atom stereocenters. The number of imidazole rings is 1. The molecule has 1 aromatic heterocycles. The fourth-order valence-corrected chi connectivity index (χ4v) is 2.06. The van der Waals surface area contributed by atoms with Gasteiger partial charge in [0.05, 0.1) is 11.0 Å². The Hall–Kier alpha value is -2.62. The van der Waals surface area contributed by atoms with Crippen LogP contribution >= 0.6 is 0 Å². The van der Waals surface area contributed by atoms with Gasteiger partial charge in [-0.15, -0.1) is 0 Å². The molecule has 4 heteroatoms. The molecule has 2 N–H and O–H groups in total. The zero-order valence-corrected chi connectivity index (χ0v) is 11.2. The second kappa shape index (κ2) is 5.57. The second-order valence-electron chi connectivity index (χ2n) is 4.69. The number of nitrogens with zero attached hydrogens (tertiary/aromatic N) is 2. The number of benzene rings is 2. The van der Waals surface area contributed by atoms with Crippen LogP contribution in [-0.2, 0) is 0 Å². The quantitative estimate of drug-likeness (QED) is 0.557. The molecule has 0 aliphatic rings. The molecule has 3 aromatic rings. The zero-order valence-electron chi connectivity index (χ0n) is 11.2. The van der Waals surface area contributed by atoms with Gasteiger partial charge in [-0.1, -0.05) is 49.4 Å². The average molecular weight is 264 g/mol. The van der Waals surface area contributed by atoms with Crippen molar-refractivity contribution in [3.63, 3.8) is 0 Å². The van der Waals surface area contributed by atoms with Gasteiger partial charge in [0, 0.05) is 12.1 Å². The molecule has 0 spiro atoms. The number of aromatic amines is 1. The minimum absolute atomic E-state index is 0.257. The first kappa shape index (κ1) is 12.4. The summed E-state index contributed by atoms with van der Waals surface area (Å²) in [5, 5.41) is 4.24.